The van der Waals surface area contributed by atoms with Crippen LogP contribution >= 0.6 is 7.14 Å². The van der Waals surface area contributed by atoms with Crippen molar-refractivity contribution in [2.75, 3.05) is 0 Å². The predicted molar refractivity (Wildman–Crippen MR) is 122 cm³/mol. The summed E-state index contributed by atoms with van der Waals surface area (Å²) in [4.78, 5) is 0. The first kappa shape index (κ1) is 19.0. The van der Waals surface area contributed by atoms with Gasteiger partial charge in [-0.3, -0.25) is 0 Å². The van der Waals surface area contributed by atoms with Gasteiger partial charge in [0.25, 0.3) is 0 Å². The molecule has 0 bridgehead atoms. The van der Waals surface area contributed by atoms with Gasteiger partial charge < -0.3 is 0 Å². The van der Waals surface area contributed by atoms with Gasteiger partial charge >= 0.3 is 163 Å². The van der Waals surface area contributed by atoms with Gasteiger partial charge in [-0.05, 0) is 0 Å². The molecule has 0 saturated heterocycles. The van der Waals surface area contributed by atoms with E-state index in [1.54, 1.807) is 69.8 Å². The molecule has 0 N–H and O–H groups in total. The summed E-state index contributed by atoms with van der Waals surface area (Å²) in [6, 6.07) is 11.4. The first-order valence-electron chi connectivity index (χ1n) is 11.8. The molecule has 3 fully saturated rings. The van der Waals surface area contributed by atoms with Crippen molar-refractivity contribution in [3.63, 3.8) is 0 Å². The summed E-state index contributed by atoms with van der Waals surface area (Å²) in [5.74, 6) is 0.850. The molecule has 3 saturated carbocycles. The van der Waals surface area contributed by atoms with Crippen LogP contribution in [0.3, 0.4) is 0 Å². The molecule has 4 rings (SSSR count). The summed E-state index contributed by atoms with van der Waals surface area (Å²) < 4.78 is 0. The van der Waals surface area contributed by atoms with Crippen LogP contribution in [0.25, 0.3) is 0 Å². The maximum absolute atomic E-state index is 2.91. The van der Waals surface area contributed by atoms with Gasteiger partial charge in [-0.2, -0.15) is 0 Å². The summed E-state index contributed by atoms with van der Waals surface area (Å²) in [5, 5.41) is 0. The van der Waals surface area contributed by atoms with E-state index in [1.165, 1.54) is 25.7 Å². The quantitative estimate of drug-likeness (QED) is 0.410. The van der Waals surface area contributed by atoms with Crippen molar-refractivity contribution in [2.45, 2.75) is 113 Å². The van der Waals surface area contributed by atoms with E-state index in [4.69, 9.17) is 0 Å². The molecular weight excluding hydrogens is 330 g/mol. The van der Waals surface area contributed by atoms with Crippen LogP contribution in [-0.2, 0) is 0 Å². The van der Waals surface area contributed by atoms with Crippen LogP contribution in [0.1, 0.15) is 101 Å². The third kappa shape index (κ3) is 3.94. The Kier molecular flexibility index (Phi) is 6.46. The molecule has 0 unspecified atom stereocenters. The fraction of sp³-hybridized carbons (Fsp3) is 0.750. The van der Waals surface area contributed by atoms with Gasteiger partial charge in [0, 0.05) is 0 Å². The Morgan fingerprint density at radius 3 is 1.54 bits per heavy atom. The van der Waals surface area contributed by atoms with E-state index < -0.39 is 7.14 Å². The molecule has 144 valence electrons. The second-order valence-corrected chi connectivity index (χ2v) is 15.2. The predicted octanol–water partition coefficient (Wildman–Crippen LogP) is 6.68. The van der Waals surface area contributed by atoms with Crippen molar-refractivity contribution in [2.24, 2.45) is 0 Å². The van der Waals surface area contributed by atoms with Crippen LogP contribution < -0.4 is 0 Å². The molecule has 0 radical (unpaired) electrons. The van der Waals surface area contributed by atoms with Gasteiger partial charge in [0.05, 0.1) is 0 Å². The van der Waals surface area contributed by atoms with E-state index in [0.29, 0.717) is 0 Å². The maximum atomic E-state index is 2.91. The Morgan fingerprint density at radius 2 is 1.04 bits per heavy atom. The molecule has 0 heterocycles. The molecule has 2 heteroatoms. The number of benzene rings is 1. The fourth-order valence-electron chi connectivity index (χ4n) is 7.22. The number of hydrogen-bond acceptors (Lipinski definition) is 0. The molecule has 1 aromatic carbocycles. The van der Waals surface area contributed by atoms with Crippen LogP contribution in [0.5, 0.6) is 0 Å². The second kappa shape index (κ2) is 8.81. The number of rotatable bonds is 4. The zero-order valence-electron chi connectivity index (χ0n) is 17.1. The molecule has 3 aliphatic carbocycles. The third-order valence-corrected chi connectivity index (χ3v) is 15.9. The average molecular weight is 370 g/mol. The zero-order chi connectivity index (χ0) is 17.8. The minimum absolute atomic E-state index is 0.850. The van der Waals surface area contributed by atoms with E-state index in [0.717, 1.165) is 22.9 Å². The fourth-order valence-corrected chi connectivity index (χ4v) is 14.1. The first-order chi connectivity index (χ1) is 12.8. The van der Waals surface area contributed by atoms with Crippen molar-refractivity contribution in [3.05, 3.63) is 35.9 Å². The molecule has 0 aromatic heterocycles. The van der Waals surface area contributed by atoms with Gasteiger partial charge in [-0.1, -0.05) is 0 Å². The summed E-state index contributed by atoms with van der Waals surface area (Å²) in [6.45, 7) is 0. The Bertz CT molecular complexity index is 519. The van der Waals surface area contributed by atoms with Crippen molar-refractivity contribution in [3.8, 4) is 0 Å². The van der Waals surface area contributed by atoms with E-state index in [-0.39, 0.29) is 0 Å². The van der Waals surface area contributed by atoms with Gasteiger partial charge in [-0.15, -0.1) is 0 Å². The first-order valence-corrected chi connectivity index (χ1v) is 14.6. The van der Waals surface area contributed by atoms with Gasteiger partial charge in [0.2, 0.25) is 0 Å². The Labute approximate surface area is 163 Å². The topological polar surface area (TPSA) is 0 Å². The van der Waals surface area contributed by atoms with Gasteiger partial charge in [-0.25, -0.2) is 0 Å². The average Bonchev–Trinajstić information content (AvgIpc) is 2.75. The third-order valence-electron chi connectivity index (χ3n) is 8.85. The van der Waals surface area contributed by atoms with Crippen molar-refractivity contribution in [1.29, 1.82) is 0 Å². The molecule has 26 heavy (non-hydrogen) atoms. The van der Waals surface area contributed by atoms with E-state index in [2.05, 4.69) is 37.9 Å². The van der Waals surface area contributed by atoms with Crippen LogP contribution in [0.15, 0.2) is 30.3 Å². The van der Waals surface area contributed by atoms with Crippen molar-refractivity contribution in [1.82, 2.24) is 0 Å². The monoisotopic (exact) mass is 370 g/mol. The molecule has 0 amide bonds. The molecule has 0 atom stereocenters. The molecular formula is C24H40BP. The molecule has 0 spiro atoms. The summed E-state index contributed by atoms with van der Waals surface area (Å²) in [7, 11) is 1.73. The number of hydrogen-bond donors (Lipinski definition) is 0. The molecule has 0 aliphatic heterocycles. The summed E-state index contributed by atoms with van der Waals surface area (Å²) in [6.07, 6.45) is 21.6. The Morgan fingerprint density at radius 1 is 0.577 bits per heavy atom. The van der Waals surface area contributed by atoms with Crippen LogP contribution in [0.4, 0.5) is 0 Å². The Balaban J connectivity index is 1.49. The second-order valence-electron chi connectivity index (χ2n) is 10.00. The van der Waals surface area contributed by atoms with E-state index in [9.17, 15) is 0 Å². The van der Waals surface area contributed by atoms with Crippen LogP contribution in [0.2, 0.25) is 0 Å². The van der Waals surface area contributed by atoms with Crippen molar-refractivity contribution >= 4 is 14.7 Å². The van der Waals surface area contributed by atoms with E-state index >= 15 is 0 Å². The Hall–Kier alpha value is -0.285. The molecule has 3 aliphatic rings. The van der Waals surface area contributed by atoms with Crippen molar-refractivity contribution < 1.29 is 0 Å². The van der Waals surface area contributed by atoms with Crippen LogP contribution in [0, 0.1) is 0 Å². The van der Waals surface area contributed by atoms with E-state index in [1.807, 2.05) is 0 Å². The summed E-state index contributed by atoms with van der Waals surface area (Å²) >= 11 is 0. The normalized spacial score (nSPS) is 30.2. The summed E-state index contributed by atoms with van der Waals surface area (Å²) in [5.41, 5.74) is 5.08. The van der Waals surface area contributed by atoms with Gasteiger partial charge in [0.1, 0.15) is 0 Å². The zero-order valence-corrected chi connectivity index (χ0v) is 18.1. The SMILES string of the molecule is B[PH](C1CCCCC1)(C1CCCCC1)C1CCC(c2ccccc2)CC1. The molecule has 0 nitrogen and oxygen atoms in total. The van der Waals surface area contributed by atoms with Crippen LogP contribution in [-0.4, -0.2) is 24.5 Å². The minimum atomic E-state index is -1.18. The standard InChI is InChI=1S/C24H40BP/c25-26(22-12-6-2-7-13-22,23-14-8-3-9-15-23)24-18-16-21(17-19-24)20-10-4-1-5-11-20/h1,4-5,10-11,21-24,26H,2-3,6-9,12-19,25H2. The van der Waals surface area contributed by atoms with Gasteiger partial charge in [0.15, 0.2) is 0 Å². The molecule has 1 aromatic rings.